The van der Waals surface area contributed by atoms with Gasteiger partial charge in [-0.25, -0.2) is 0 Å². The third kappa shape index (κ3) is 2.75. The summed E-state index contributed by atoms with van der Waals surface area (Å²) in [7, 11) is 0. The minimum absolute atomic E-state index is 0.328. The van der Waals surface area contributed by atoms with E-state index >= 15 is 0 Å². The van der Waals surface area contributed by atoms with E-state index in [-0.39, 0.29) is 5.56 Å². The largest absolute Gasteiger partial charge is 0.460 e. The first kappa shape index (κ1) is 19.2. The second-order valence-corrected chi connectivity index (χ2v) is 5.46. The normalized spacial score (nSPS) is 22.1. The fraction of sp³-hybridized carbons (Fsp3) is 0.429. The number of rotatable bonds is 3. The lowest BCUT2D eigenvalue weighted by Gasteiger charge is -2.41. The van der Waals surface area contributed by atoms with Gasteiger partial charge in [-0.1, -0.05) is 18.2 Å². The maximum Gasteiger partial charge on any atom is 0.460 e. The van der Waals surface area contributed by atoms with E-state index in [1.54, 1.807) is 0 Å². The minimum atomic E-state index is -6.65. The van der Waals surface area contributed by atoms with Gasteiger partial charge in [0.2, 0.25) is 5.72 Å². The summed E-state index contributed by atoms with van der Waals surface area (Å²) < 4.78 is 92.2. The van der Waals surface area contributed by atoms with Crippen LogP contribution in [0.15, 0.2) is 35.4 Å². The van der Waals surface area contributed by atoms with Crippen molar-refractivity contribution in [1.82, 2.24) is 5.01 Å². The zero-order chi connectivity index (χ0) is 19.3. The zero-order valence-corrected chi connectivity index (χ0v) is 12.5. The average molecular weight is 372 g/mol. The summed E-state index contributed by atoms with van der Waals surface area (Å²) >= 11 is 0. The Labute approximate surface area is 136 Å². The van der Waals surface area contributed by atoms with E-state index in [1.807, 2.05) is 0 Å². The molecule has 11 heteroatoms. The van der Waals surface area contributed by atoms with E-state index in [0.717, 1.165) is 19.1 Å². The van der Waals surface area contributed by atoms with Crippen LogP contribution in [0.25, 0.3) is 0 Å². The maximum atomic E-state index is 14.1. The summed E-state index contributed by atoms with van der Waals surface area (Å²) in [6.07, 6.45) is -8.02. The Hall–Kier alpha value is -2.17. The van der Waals surface area contributed by atoms with Crippen LogP contribution < -0.4 is 0 Å². The quantitative estimate of drug-likeness (QED) is 0.827. The Morgan fingerprint density at radius 2 is 1.64 bits per heavy atom. The molecular weight excluding hydrogens is 361 g/mol. The summed E-state index contributed by atoms with van der Waals surface area (Å²) in [4.78, 5) is 12.2. The third-order valence-electron chi connectivity index (χ3n) is 3.59. The molecule has 25 heavy (non-hydrogen) atoms. The first-order chi connectivity index (χ1) is 11.3. The van der Waals surface area contributed by atoms with Crippen molar-refractivity contribution in [3.63, 3.8) is 0 Å². The van der Waals surface area contributed by atoms with Crippen molar-refractivity contribution in [2.45, 2.75) is 37.1 Å². The molecule has 1 amide bonds. The first-order valence-electron chi connectivity index (χ1n) is 6.74. The Morgan fingerprint density at radius 3 is 2.12 bits per heavy atom. The number of hydrogen-bond acceptors (Lipinski definition) is 3. The van der Waals surface area contributed by atoms with Crippen LogP contribution in [0.2, 0.25) is 0 Å². The predicted molar refractivity (Wildman–Crippen MR) is 71.2 cm³/mol. The third-order valence-corrected chi connectivity index (χ3v) is 3.59. The van der Waals surface area contributed by atoms with Gasteiger partial charge >= 0.3 is 18.0 Å². The molecule has 0 aliphatic carbocycles. The lowest BCUT2D eigenvalue weighted by atomic mass is 9.93. The molecule has 1 aromatic carbocycles. The molecular formula is C14H11F7N2O2. The number of benzene rings is 1. The zero-order valence-electron chi connectivity index (χ0n) is 12.5. The molecule has 1 atom stereocenters. The highest BCUT2D eigenvalue weighted by atomic mass is 19.4. The van der Waals surface area contributed by atoms with E-state index in [0.29, 0.717) is 0 Å². The molecule has 1 heterocycles. The van der Waals surface area contributed by atoms with Gasteiger partial charge in [0.25, 0.3) is 5.91 Å². The van der Waals surface area contributed by atoms with E-state index in [2.05, 4.69) is 5.10 Å². The predicted octanol–water partition coefficient (Wildman–Crippen LogP) is 3.43. The lowest BCUT2D eigenvalue weighted by molar-refractivity contribution is -0.400. The van der Waals surface area contributed by atoms with Crippen molar-refractivity contribution in [3.05, 3.63) is 35.9 Å². The number of aliphatic hydroxyl groups is 1. The Morgan fingerprint density at radius 1 is 1.12 bits per heavy atom. The van der Waals surface area contributed by atoms with Crippen molar-refractivity contribution in [1.29, 1.82) is 0 Å². The topological polar surface area (TPSA) is 52.9 Å². The van der Waals surface area contributed by atoms with Crippen molar-refractivity contribution >= 4 is 11.6 Å². The maximum absolute atomic E-state index is 14.1. The molecule has 0 spiro atoms. The monoisotopic (exact) mass is 372 g/mol. The van der Waals surface area contributed by atoms with Crippen LogP contribution in [0.4, 0.5) is 30.7 Å². The molecule has 2 rings (SSSR count). The standard InChI is InChI=1S/C14H11F7N2O2/c1-8-7-11(25,12(15,16)13(17,18)14(19,20)21)23(22-8)10(24)9-5-3-2-4-6-9/h2-6,25H,7H2,1H3. The van der Waals surface area contributed by atoms with Gasteiger partial charge in [-0.3, -0.25) is 4.79 Å². The molecule has 0 saturated heterocycles. The molecule has 1 unspecified atom stereocenters. The van der Waals surface area contributed by atoms with Crippen LogP contribution in [-0.2, 0) is 0 Å². The molecule has 0 bridgehead atoms. The average Bonchev–Trinajstić information content (AvgIpc) is 2.82. The van der Waals surface area contributed by atoms with Crippen molar-refractivity contribution in [3.8, 4) is 0 Å². The molecule has 1 aromatic rings. The first-order valence-corrected chi connectivity index (χ1v) is 6.74. The molecule has 0 saturated carbocycles. The van der Waals surface area contributed by atoms with Crippen LogP contribution in [-0.4, -0.2) is 45.5 Å². The number of halogens is 7. The molecule has 0 fully saturated rings. The van der Waals surface area contributed by atoms with Crippen LogP contribution in [0.3, 0.4) is 0 Å². The minimum Gasteiger partial charge on any atom is -0.364 e. The number of alkyl halides is 7. The summed E-state index contributed by atoms with van der Waals surface area (Å²) in [6.45, 7) is 1.01. The summed E-state index contributed by atoms with van der Waals surface area (Å²) in [5.74, 6) is -14.1. The Balaban J connectivity index is 2.53. The van der Waals surface area contributed by atoms with Gasteiger partial charge in [-0.15, -0.1) is 0 Å². The number of carbonyl (C=O) groups is 1. The molecule has 0 radical (unpaired) electrons. The van der Waals surface area contributed by atoms with Crippen LogP contribution in [0.5, 0.6) is 0 Å². The summed E-state index contributed by atoms with van der Waals surface area (Å²) in [6, 6.07) is 6.27. The van der Waals surface area contributed by atoms with E-state index in [9.17, 15) is 40.6 Å². The molecule has 1 aliphatic heterocycles. The van der Waals surface area contributed by atoms with E-state index < -0.39 is 46.8 Å². The van der Waals surface area contributed by atoms with Gasteiger partial charge in [-0.05, 0) is 19.1 Å². The second kappa shape index (κ2) is 5.68. The summed E-state index contributed by atoms with van der Waals surface area (Å²) in [5.41, 5.74) is -4.92. The van der Waals surface area contributed by atoms with Gasteiger partial charge in [0.05, 0.1) is 0 Å². The van der Waals surface area contributed by atoms with Crippen molar-refractivity contribution in [2.75, 3.05) is 0 Å². The van der Waals surface area contributed by atoms with Gasteiger partial charge in [0.15, 0.2) is 0 Å². The molecule has 0 aromatic heterocycles. The number of carbonyl (C=O) groups excluding carboxylic acids is 1. The van der Waals surface area contributed by atoms with E-state index in [1.165, 1.54) is 18.2 Å². The van der Waals surface area contributed by atoms with Gasteiger partial charge in [0.1, 0.15) is 0 Å². The highest BCUT2D eigenvalue weighted by Crippen LogP contribution is 2.54. The number of amides is 1. The Bertz CT molecular complexity index is 703. The molecule has 1 aliphatic rings. The van der Waals surface area contributed by atoms with Crippen molar-refractivity contribution < 1.29 is 40.6 Å². The smallest absolute Gasteiger partial charge is 0.364 e. The van der Waals surface area contributed by atoms with Crippen LogP contribution in [0.1, 0.15) is 23.7 Å². The number of nitrogens with zero attached hydrogens (tertiary/aromatic N) is 2. The second-order valence-electron chi connectivity index (χ2n) is 5.46. The SMILES string of the molecule is CC1=NN(C(=O)c2ccccc2)C(O)(C(F)(F)C(F)(F)C(F)(F)F)C1. The molecule has 1 N–H and O–H groups in total. The molecule has 138 valence electrons. The highest BCUT2D eigenvalue weighted by molar-refractivity contribution is 5.97. The van der Waals surface area contributed by atoms with Gasteiger partial charge in [0, 0.05) is 17.7 Å². The highest BCUT2D eigenvalue weighted by Gasteiger charge is 2.82. The molecule has 4 nitrogen and oxygen atoms in total. The van der Waals surface area contributed by atoms with Crippen molar-refractivity contribution in [2.24, 2.45) is 5.10 Å². The Kier molecular flexibility index (Phi) is 4.35. The lowest BCUT2D eigenvalue weighted by Crippen LogP contribution is -2.69. The summed E-state index contributed by atoms with van der Waals surface area (Å²) in [5, 5.41) is 12.9. The fourth-order valence-corrected chi connectivity index (χ4v) is 2.31. The van der Waals surface area contributed by atoms with Crippen LogP contribution in [0, 0.1) is 0 Å². The fourth-order valence-electron chi connectivity index (χ4n) is 2.31. The van der Waals surface area contributed by atoms with E-state index in [4.69, 9.17) is 0 Å². The van der Waals surface area contributed by atoms with Gasteiger partial charge < -0.3 is 5.11 Å². The van der Waals surface area contributed by atoms with Gasteiger partial charge in [-0.2, -0.15) is 40.8 Å². The number of hydrogen-bond donors (Lipinski definition) is 1. The number of hydrazone groups is 1. The van der Waals surface area contributed by atoms with Crippen LogP contribution >= 0.6 is 0 Å².